The first-order chi connectivity index (χ1) is 21.0. The molecular formula is C35H32N2O7. The number of aromatic hydroxyl groups is 2. The van der Waals surface area contributed by atoms with Crippen molar-refractivity contribution in [2.75, 3.05) is 13.7 Å². The van der Waals surface area contributed by atoms with Crippen molar-refractivity contribution in [3.63, 3.8) is 0 Å². The third-order valence-electron chi connectivity index (χ3n) is 8.84. The summed E-state index contributed by atoms with van der Waals surface area (Å²) in [6.45, 7) is 6.25. The Kier molecular flexibility index (Phi) is 6.84. The Morgan fingerprint density at radius 1 is 1.05 bits per heavy atom. The number of para-hydroxylation sites is 2. The monoisotopic (exact) mass is 592 g/mol. The molecule has 224 valence electrons. The largest absolute Gasteiger partial charge is 0.507 e. The summed E-state index contributed by atoms with van der Waals surface area (Å²) in [7, 11) is 1.62. The number of carbonyl (C=O) groups excluding carboxylic acids is 3. The molecule has 4 aromatic rings. The van der Waals surface area contributed by atoms with Crippen LogP contribution >= 0.6 is 0 Å². The van der Waals surface area contributed by atoms with E-state index < -0.39 is 28.5 Å². The van der Waals surface area contributed by atoms with Gasteiger partial charge in [-0.25, -0.2) is 0 Å². The molecule has 2 heterocycles. The predicted molar refractivity (Wildman–Crippen MR) is 164 cm³/mol. The molecule has 1 aliphatic carbocycles. The lowest BCUT2D eigenvalue weighted by atomic mass is 9.70. The molecule has 2 atom stereocenters. The molecule has 1 aromatic heterocycles. The van der Waals surface area contributed by atoms with Gasteiger partial charge in [-0.15, -0.1) is 0 Å². The van der Waals surface area contributed by atoms with Crippen molar-refractivity contribution in [2.45, 2.75) is 39.0 Å². The number of hydrogen-bond donors (Lipinski definition) is 4. The van der Waals surface area contributed by atoms with Crippen LogP contribution in [0.2, 0.25) is 0 Å². The second kappa shape index (κ2) is 10.4. The van der Waals surface area contributed by atoms with Gasteiger partial charge in [0.05, 0.1) is 18.2 Å². The van der Waals surface area contributed by atoms with Gasteiger partial charge in [-0.1, -0.05) is 36.4 Å². The van der Waals surface area contributed by atoms with Crippen molar-refractivity contribution >= 4 is 28.3 Å². The molecule has 1 unspecified atom stereocenters. The van der Waals surface area contributed by atoms with Gasteiger partial charge in [-0.3, -0.25) is 14.4 Å². The van der Waals surface area contributed by atoms with Gasteiger partial charge >= 0.3 is 0 Å². The number of rotatable bonds is 7. The molecule has 0 spiro atoms. The van der Waals surface area contributed by atoms with E-state index in [2.05, 4.69) is 10.3 Å². The Morgan fingerprint density at radius 3 is 2.48 bits per heavy atom. The smallest absolute Gasteiger partial charge is 0.194 e. The predicted octanol–water partition coefficient (Wildman–Crippen LogP) is 5.48. The lowest BCUT2D eigenvalue weighted by Gasteiger charge is -2.29. The van der Waals surface area contributed by atoms with Crippen molar-refractivity contribution in [1.29, 1.82) is 0 Å². The van der Waals surface area contributed by atoms with E-state index in [1.54, 1.807) is 21.0 Å². The fourth-order valence-corrected chi connectivity index (χ4v) is 6.43. The molecule has 44 heavy (non-hydrogen) atoms. The third-order valence-corrected chi connectivity index (χ3v) is 8.84. The highest BCUT2D eigenvalue weighted by Crippen LogP contribution is 2.57. The molecule has 3 aromatic carbocycles. The van der Waals surface area contributed by atoms with Crippen LogP contribution in [-0.4, -0.2) is 46.2 Å². The summed E-state index contributed by atoms with van der Waals surface area (Å²) in [5, 5.41) is 26.1. The average Bonchev–Trinajstić information content (AvgIpc) is 3.55. The zero-order valence-corrected chi connectivity index (χ0v) is 25.0. The summed E-state index contributed by atoms with van der Waals surface area (Å²) in [6, 6.07) is 15.7. The van der Waals surface area contributed by atoms with Crippen LogP contribution in [0.1, 0.15) is 59.3 Å². The standard InChI is InChI=1S/C35H32N2O7/c1-17-31(40)29(19(3)38)33-30(32(17)41)35(4)27(44-33)14-25(39)28(34(35)42)18(2)36-15-23(21-11-7-9-13-26(21)43-5)22-16-37-24-12-8-6-10-20(22)24/h6-14,16,23,36-37,40-41H,15H2,1-5H3/t23?,35-/m0/s1. The molecule has 0 radical (unpaired) electrons. The maximum Gasteiger partial charge on any atom is 0.194 e. The van der Waals surface area contributed by atoms with Crippen LogP contribution in [-0.2, 0) is 15.0 Å². The maximum absolute atomic E-state index is 14.3. The fourth-order valence-electron chi connectivity index (χ4n) is 6.43. The van der Waals surface area contributed by atoms with Crippen LogP contribution in [0.15, 0.2) is 77.8 Å². The van der Waals surface area contributed by atoms with Crippen LogP contribution in [0.3, 0.4) is 0 Å². The lowest BCUT2D eigenvalue weighted by Crippen LogP contribution is -2.41. The molecule has 9 heteroatoms. The molecule has 1 aliphatic heterocycles. The van der Waals surface area contributed by atoms with E-state index in [1.807, 2.05) is 54.7 Å². The van der Waals surface area contributed by atoms with E-state index in [-0.39, 0.29) is 45.4 Å². The van der Waals surface area contributed by atoms with E-state index in [0.717, 1.165) is 22.0 Å². The summed E-state index contributed by atoms with van der Waals surface area (Å²) < 4.78 is 11.6. The minimum Gasteiger partial charge on any atom is -0.507 e. The zero-order chi connectivity index (χ0) is 31.5. The summed E-state index contributed by atoms with van der Waals surface area (Å²) in [4.78, 5) is 43.5. The van der Waals surface area contributed by atoms with Gasteiger partial charge in [0.2, 0.25) is 0 Å². The van der Waals surface area contributed by atoms with Crippen molar-refractivity contribution in [3.8, 4) is 23.0 Å². The number of fused-ring (bicyclic) bond motifs is 4. The second-order valence-corrected chi connectivity index (χ2v) is 11.4. The van der Waals surface area contributed by atoms with Crippen molar-refractivity contribution in [2.24, 2.45) is 0 Å². The first-order valence-corrected chi connectivity index (χ1v) is 14.2. The molecule has 9 nitrogen and oxygen atoms in total. The Morgan fingerprint density at radius 2 is 1.75 bits per heavy atom. The highest BCUT2D eigenvalue weighted by molar-refractivity contribution is 6.31. The maximum atomic E-state index is 14.3. The average molecular weight is 593 g/mol. The number of allylic oxidation sites excluding steroid dienone is 4. The molecule has 0 amide bonds. The molecule has 0 saturated heterocycles. The normalized spacial score (nSPS) is 19.2. The third kappa shape index (κ3) is 4.11. The van der Waals surface area contributed by atoms with Gasteiger partial charge in [0.25, 0.3) is 0 Å². The lowest BCUT2D eigenvalue weighted by molar-refractivity contribution is -0.123. The summed E-state index contributed by atoms with van der Waals surface area (Å²) in [6.07, 6.45) is 3.17. The number of phenolic OH excluding ortho intramolecular Hbond substituents is 2. The SMILES string of the molecule is COc1ccccc1C(CNC(C)=C1C(=O)C=C2Oc3c(C(C)=O)c(O)c(C)c(O)c3[C@@]2(C)C1=O)c1c[nH]c2ccccc12. The van der Waals surface area contributed by atoms with Crippen LogP contribution in [0, 0.1) is 6.92 Å². The molecule has 4 N–H and O–H groups in total. The number of aromatic nitrogens is 1. The number of ketones is 3. The number of H-pyrrole nitrogens is 1. The molecule has 2 aliphatic rings. The summed E-state index contributed by atoms with van der Waals surface area (Å²) >= 11 is 0. The second-order valence-electron chi connectivity index (χ2n) is 11.4. The van der Waals surface area contributed by atoms with E-state index >= 15 is 0 Å². The number of carbonyl (C=O) groups is 3. The number of methoxy groups -OCH3 is 1. The number of Topliss-reactive ketones (excluding diaryl/α,β-unsaturated/α-hetero) is 2. The number of aromatic amines is 1. The van der Waals surface area contributed by atoms with Gasteiger partial charge in [-0.2, -0.15) is 0 Å². The number of benzene rings is 3. The zero-order valence-electron chi connectivity index (χ0n) is 25.0. The van der Waals surface area contributed by atoms with Gasteiger partial charge in [0.15, 0.2) is 17.3 Å². The quantitative estimate of drug-likeness (QED) is 0.126. The number of hydrogen-bond acceptors (Lipinski definition) is 8. The van der Waals surface area contributed by atoms with Crippen LogP contribution in [0.25, 0.3) is 10.9 Å². The first kappa shape index (κ1) is 28.8. The van der Waals surface area contributed by atoms with Gasteiger partial charge in [0, 0.05) is 52.5 Å². The van der Waals surface area contributed by atoms with Crippen LogP contribution in [0.4, 0.5) is 0 Å². The minimum atomic E-state index is -1.59. The molecule has 0 saturated carbocycles. The van der Waals surface area contributed by atoms with Crippen molar-refractivity contribution < 1.29 is 34.1 Å². The number of ether oxygens (including phenoxy) is 2. The van der Waals surface area contributed by atoms with E-state index in [1.165, 1.54) is 19.9 Å². The summed E-state index contributed by atoms with van der Waals surface area (Å²) in [5.41, 5.74) is 1.55. The Balaban J connectivity index is 1.43. The van der Waals surface area contributed by atoms with E-state index in [4.69, 9.17) is 9.47 Å². The van der Waals surface area contributed by atoms with Crippen LogP contribution in [0.5, 0.6) is 23.0 Å². The minimum absolute atomic E-state index is 0.00691. The van der Waals surface area contributed by atoms with Gasteiger partial charge in [0.1, 0.15) is 39.7 Å². The summed E-state index contributed by atoms with van der Waals surface area (Å²) in [5.74, 6) is -2.09. The van der Waals surface area contributed by atoms with Gasteiger partial charge < -0.3 is 30.0 Å². The van der Waals surface area contributed by atoms with E-state index in [0.29, 0.717) is 18.0 Å². The van der Waals surface area contributed by atoms with E-state index in [9.17, 15) is 24.6 Å². The Labute approximate surface area is 253 Å². The van der Waals surface area contributed by atoms with Crippen LogP contribution < -0.4 is 14.8 Å². The van der Waals surface area contributed by atoms with Gasteiger partial charge in [-0.05, 0) is 45.4 Å². The molecule has 0 fully saturated rings. The first-order valence-electron chi connectivity index (χ1n) is 14.2. The molecular weight excluding hydrogens is 560 g/mol. The topological polar surface area (TPSA) is 138 Å². The van der Waals surface area contributed by atoms with Crippen molar-refractivity contribution in [1.82, 2.24) is 10.3 Å². The van der Waals surface area contributed by atoms with Crippen molar-refractivity contribution in [3.05, 3.63) is 106 Å². The Hall–Kier alpha value is -5.31. The fraction of sp³-hybridized carbons (Fsp3) is 0.229. The molecule has 6 rings (SSSR count). The number of phenols is 2. The number of nitrogens with one attached hydrogen (secondary N) is 2. The highest BCUT2D eigenvalue weighted by Gasteiger charge is 2.56. The Bertz CT molecular complexity index is 1970. The molecule has 0 bridgehead atoms. The highest BCUT2D eigenvalue weighted by atomic mass is 16.5.